The number of benzene rings is 1. The Balaban J connectivity index is 1.61. The van der Waals surface area contributed by atoms with Gasteiger partial charge in [0.25, 0.3) is 0 Å². The van der Waals surface area contributed by atoms with E-state index < -0.39 is 0 Å². The van der Waals surface area contributed by atoms with Crippen LogP contribution in [0.15, 0.2) is 18.2 Å². The minimum absolute atomic E-state index is 0.00740. The lowest BCUT2D eigenvalue weighted by molar-refractivity contribution is -0.124. The fourth-order valence-corrected chi connectivity index (χ4v) is 2.94. The standard InChI is InChI=1S/C15H20N2O/c18-15-14(5-2-8-16-15)17-10-11-6-7-12-3-1-4-13(12)9-11/h6-7,9,14,17H,1-5,8,10H2,(H,16,18). The van der Waals surface area contributed by atoms with E-state index in [9.17, 15) is 4.79 Å². The average Bonchev–Trinajstić information content (AvgIpc) is 2.85. The summed E-state index contributed by atoms with van der Waals surface area (Å²) in [5.74, 6) is 0.155. The van der Waals surface area contributed by atoms with Crippen LogP contribution in [0.3, 0.4) is 0 Å². The lowest BCUT2D eigenvalue weighted by Gasteiger charge is -2.23. The lowest BCUT2D eigenvalue weighted by Crippen LogP contribution is -2.47. The number of hydrogen-bond acceptors (Lipinski definition) is 2. The summed E-state index contributed by atoms with van der Waals surface area (Å²) < 4.78 is 0. The van der Waals surface area contributed by atoms with Crippen molar-refractivity contribution < 1.29 is 4.79 Å². The van der Waals surface area contributed by atoms with Crippen LogP contribution < -0.4 is 10.6 Å². The minimum Gasteiger partial charge on any atom is -0.355 e. The van der Waals surface area contributed by atoms with Gasteiger partial charge in [0.05, 0.1) is 6.04 Å². The highest BCUT2D eigenvalue weighted by Crippen LogP contribution is 2.22. The smallest absolute Gasteiger partial charge is 0.237 e. The molecule has 2 aliphatic rings. The molecule has 1 fully saturated rings. The second kappa shape index (κ2) is 5.11. The Morgan fingerprint density at radius 2 is 2.11 bits per heavy atom. The Hall–Kier alpha value is -1.35. The van der Waals surface area contributed by atoms with Crippen LogP contribution in [0.4, 0.5) is 0 Å². The van der Waals surface area contributed by atoms with Gasteiger partial charge in [-0.3, -0.25) is 4.79 Å². The Kier molecular flexibility index (Phi) is 3.33. The monoisotopic (exact) mass is 244 g/mol. The zero-order chi connectivity index (χ0) is 12.4. The van der Waals surface area contributed by atoms with E-state index in [0.717, 1.165) is 25.9 Å². The molecule has 0 spiro atoms. The van der Waals surface area contributed by atoms with Gasteiger partial charge in [0, 0.05) is 13.1 Å². The quantitative estimate of drug-likeness (QED) is 0.847. The van der Waals surface area contributed by atoms with Crippen molar-refractivity contribution in [1.82, 2.24) is 10.6 Å². The molecule has 1 amide bonds. The molecular formula is C15H20N2O. The third-order valence-electron chi connectivity index (χ3n) is 4.00. The van der Waals surface area contributed by atoms with Crippen LogP contribution in [0.2, 0.25) is 0 Å². The molecule has 18 heavy (non-hydrogen) atoms. The number of hydrogen-bond donors (Lipinski definition) is 2. The summed E-state index contributed by atoms with van der Waals surface area (Å²) in [5, 5.41) is 6.28. The fraction of sp³-hybridized carbons (Fsp3) is 0.533. The normalized spacial score (nSPS) is 22.7. The van der Waals surface area contributed by atoms with Gasteiger partial charge in [-0.25, -0.2) is 0 Å². The van der Waals surface area contributed by atoms with Gasteiger partial charge in [0.2, 0.25) is 5.91 Å². The van der Waals surface area contributed by atoms with Crippen molar-refractivity contribution in [3.8, 4) is 0 Å². The first kappa shape index (κ1) is 11.7. The number of nitrogens with one attached hydrogen (secondary N) is 2. The number of amides is 1. The van der Waals surface area contributed by atoms with Crippen molar-refractivity contribution in [3.05, 3.63) is 34.9 Å². The van der Waals surface area contributed by atoms with E-state index in [1.165, 1.54) is 36.0 Å². The number of aryl methyl sites for hydroxylation is 2. The van der Waals surface area contributed by atoms with Gasteiger partial charge >= 0.3 is 0 Å². The van der Waals surface area contributed by atoms with Crippen molar-refractivity contribution in [3.63, 3.8) is 0 Å². The third-order valence-corrected chi connectivity index (χ3v) is 4.00. The van der Waals surface area contributed by atoms with E-state index in [4.69, 9.17) is 0 Å². The summed E-state index contributed by atoms with van der Waals surface area (Å²) in [6, 6.07) is 6.74. The van der Waals surface area contributed by atoms with E-state index in [-0.39, 0.29) is 11.9 Å². The van der Waals surface area contributed by atoms with Crippen LogP contribution >= 0.6 is 0 Å². The van der Waals surface area contributed by atoms with Gasteiger partial charge in [-0.05, 0) is 48.8 Å². The zero-order valence-corrected chi connectivity index (χ0v) is 10.7. The van der Waals surface area contributed by atoms with Gasteiger partial charge < -0.3 is 10.6 Å². The fourth-order valence-electron chi connectivity index (χ4n) is 2.94. The summed E-state index contributed by atoms with van der Waals surface area (Å²) in [6.07, 6.45) is 5.77. The first-order chi connectivity index (χ1) is 8.83. The number of carbonyl (C=O) groups excluding carboxylic acids is 1. The van der Waals surface area contributed by atoms with Crippen LogP contribution in [0.1, 0.15) is 36.0 Å². The minimum atomic E-state index is -0.00740. The maximum absolute atomic E-state index is 11.6. The Morgan fingerprint density at radius 1 is 1.22 bits per heavy atom. The summed E-state index contributed by atoms with van der Waals surface area (Å²) in [6.45, 7) is 1.63. The molecule has 96 valence electrons. The summed E-state index contributed by atoms with van der Waals surface area (Å²) in [5.41, 5.74) is 4.31. The van der Waals surface area contributed by atoms with Gasteiger partial charge in [0.1, 0.15) is 0 Å². The van der Waals surface area contributed by atoms with E-state index >= 15 is 0 Å². The SMILES string of the molecule is O=C1NCCCC1NCc1ccc2c(c1)CCC2. The average molecular weight is 244 g/mol. The van der Waals surface area contributed by atoms with Crippen molar-refractivity contribution in [2.24, 2.45) is 0 Å². The predicted molar refractivity (Wildman–Crippen MR) is 71.3 cm³/mol. The molecule has 3 rings (SSSR count). The molecular weight excluding hydrogens is 224 g/mol. The van der Waals surface area contributed by atoms with E-state index in [1.807, 2.05) is 0 Å². The van der Waals surface area contributed by atoms with Crippen LogP contribution in [0.5, 0.6) is 0 Å². The van der Waals surface area contributed by atoms with Crippen molar-refractivity contribution >= 4 is 5.91 Å². The predicted octanol–water partition coefficient (Wildman–Crippen LogP) is 1.54. The summed E-state index contributed by atoms with van der Waals surface area (Å²) in [4.78, 5) is 11.6. The number of fused-ring (bicyclic) bond motifs is 1. The molecule has 0 saturated carbocycles. The molecule has 1 aromatic rings. The van der Waals surface area contributed by atoms with Crippen molar-refractivity contribution in [2.45, 2.75) is 44.7 Å². The Labute approximate surface area is 108 Å². The summed E-state index contributed by atoms with van der Waals surface area (Å²) in [7, 11) is 0. The number of carbonyl (C=O) groups is 1. The molecule has 3 nitrogen and oxygen atoms in total. The highest BCUT2D eigenvalue weighted by molar-refractivity contribution is 5.82. The first-order valence-electron chi connectivity index (χ1n) is 6.95. The second-order valence-electron chi connectivity index (χ2n) is 5.32. The molecule has 0 radical (unpaired) electrons. The van der Waals surface area contributed by atoms with E-state index in [1.54, 1.807) is 0 Å². The van der Waals surface area contributed by atoms with E-state index in [2.05, 4.69) is 28.8 Å². The molecule has 2 N–H and O–H groups in total. The molecule has 1 atom stereocenters. The van der Waals surface area contributed by atoms with Gasteiger partial charge in [-0.15, -0.1) is 0 Å². The van der Waals surface area contributed by atoms with Gasteiger partial charge in [-0.1, -0.05) is 18.2 Å². The van der Waals surface area contributed by atoms with E-state index in [0.29, 0.717) is 0 Å². The van der Waals surface area contributed by atoms with Crippen LogP contribution in [0, 0.1) is 0 Å². The lowest BCUT2D eigenvalue weighted by atomic mass is 10.0. The summed E-state index contributed by atoms with van der Waals surface area (Å²) >= 11 is 0. The largest absolute Gasteiger partial charge is 0.355 e. The molecule has 1 heterocycles. The van der Waals surface area contributed by atoms with Gasteiger partial charge in [-0.2, -0.15) is 0 Å². The molecule has 1 aliphatic heterocycles. The Bertz CT molecular complexity index is 456. The second-order valence-corrected chi connectivity index (χ2v) is 5.32. The highest BCUT2D eigenvalue weighted by atomic mass is 16.2. The molecule has 1 aromatic carbocycles. The van der Waals surface area contributed by atoms with Crippen LogP contribution in [-0.4, -0.2) is 18.5 Å². The molecule has 1 aliphatic carbocycles. The van der Waals surface area contributed by atoms with Crippen LogP contribution in [-0.2, 0) is 24.2 Å². The van der Waals surface area contributed by atoms with Gasteiger partial charge in [0.15, 0.2) is 0 Å². The highest BCUT2D eigenvalue weighted by Gasteiger charge is 2.21. The third kappa shape index (κ3) is 2.41. The number of piperidine rings is 1. The first-order valence-corrected chi connectivity index (χ1v) is 6.95. The molecule has 3 heteroatoms. The van der Waals surface area contributed by atoms with Crippen molar-refractivity contribution in [1.29, 1.82) is 0 Å². The topological polar surface area (TPSA) is 41.1 Å². The number of rotatable bonds is 3. The molecule has 0 aromatic heterocycles. The maximum atomic E-state index is 11.6. The maximum Gasteiger partial charge on any atom is 0.237 e. The Morgan fingerprint density at radius 3 is 3.00 bits per heavy atom. The molecule has 1 unspecified atom stereocenters. The molecule has 1 saturated heterocycles. The van der Waals surface area contributed by atoms with Crippen LogP contribution in [0.25, 0.3) is 0 Å². The molecule has 0 bridgehead atoms. The zero-order valence-electron chi connectivity index (χ0n) is 10.7. The van der Waals surface area contributed by atoms with Crippen molar-refractivity contribution in [2.75, 3.05) is 6.54 Å².